The highest BCUT2D eigenvalue weighted by molar-refractivity contribution is 7.18. The van der Waals surface area contributed by atoms with Crippen LogP contribution < -0.4 is 16.4 Å². The summed E-state index contributed by atoms with van der Waals surface area (Å²) in [4.78, 5) is 28.7. The summed E-state index contributed by atoms with van der Waals surface area (Å²) >= 11 is 1.17. The van der Waals surface area contributed by atoms with Crippen molar-refractivity contribution in [3.05, 3.63) is 71.4 Å². The van der Waals surface area contributed by atoms with Crippen LogP contribution in [0.1, 0.15) is 15.2 Å². The van der Waals surface area contributed by atoms with Crippen LogP contribution in [0, 0.1) is 0 Å². The summed E-state index contributed by atoms with van der Waals surface area (Å²) in [5.74, 6) is -0.578. The molecule has 0 aliphatic carbocycles. The number of benzene rings is 1. The zero-order valence-corrected chi connectivity index (χ0v) is 15.2. The molecule has 0 radical (unpaired) electrons. The number of rotatable bonds is 7. The Labute approximate surface area is 160 Å². The molecular weight excluding hydrogens is 364 g/mol. The van der Waals surface area contributed by atoms with Crippen molar-refractivity contribution in [1.29, 1.82) is 0 Å². The Bertz CT molecular complexity index is 927. The van der Waals surface area contributed by atoms with Gasteiger partial charge in [-0.1, -0.05) is 18.2 Å². The molecule has 8 heteroatoms. The number of nitrogens with zero attached hydrogens (tertiary/aromatic N) is 1. The summed E-state index contributed by atoms with van der Waals surface area (Å²) in [6.45, 7) is 0.215. The van der Waals surface area contributed by atoms with Gasteiger partial charge in [-0.3, -0.25) is 14.6 Å². The Morgan fingerprint density at radius 3 is 2.70 bits per heavy atom. The normalized spacial score (nSPS) is 10.4. The van der Waals surface area contributed by atoms with Gasteiger partial charge in [-0.25, -0.2) is 0 Å². The highest BCUT2D eigenvalue weighted by Crippen LogP contribution is 2.24. The Morgan fingerprint density at radius 1 is 1.07 bits per heavy atom. The first-order valence-electron chi connectivity index (χ1n) is 8.14. The van der Waals surface area contributed by atoms with E-state index in [0.29, 0.717) is 27.9 Å². The number of para-hydroxylation sites is 2. The molecule has 0 atom stereocenters. The van der Waals surface area contributed by atoms with Crippen LogP contribution in [-0.2, 0) is 16.1 Å². The van der Waals surface area contributed by atoms with E-state index in [1.807, 2.05) is 6.07 Å². The van der Waals surface area contributed by atoms with Gasteiger partial charge in [0.05, 0.1) is 27.9 Å². The molecule has 2 heterocycles. The number of aromatic nitrogens is 1. The lowest BCUT2D eigenvalue weighted by atomic mass is 10.2. The molecule has 0 bridgehead atoms. The summed E-state index contributed by atoms with van der Waals surface area (Å²) in [6.07, 6.45) is 3.36. The second kappa shape index (κ2) is 8.93. The number of hydrogen-bond acceptors (Lipinski definition) is 6. The first-order valence-corrected chi connectivity index (χ1v) is 8.95. The smallest absolute Gasteiger partial charge is 0.265 e. The van der Waals surface area contributed by atoms with E-state index >= 15 is 0 Å². The average molecular weight is 382 g/mol. The van der Waals surface area contributed by atoms with Crippen molar-refractivity contribution in [2.75, 3.05) is 23.0 Å². The van der Waals surface area contributed by atoms with Crippen molar-refractivity contribution in [3.8, 4) is 0 Å². The van der Waals surface area contributed by atoms with Crippen molar-refractivity contribution >= 4 is 39.5 Å². The molecule has 0 aliphatic heterocycles. The van der Waals surface area contributed by atoms with E-state index in [2.05, 4.69) is 15.6 Å². The molecular formula is C19H18N4O3S. The number of amides is 2. The zero-order valence-electron chi connectivity index (χ0n) is 14.3. The summed E-state index contributed by atoms with van der Waals surface area (Å²) in [7, 11) is 0. The lowest BCUT2D eigenvalue weighted by Crippen LogP contribution is -2.17. The number of pyridine rings is 1. The quantitative estimate of drug-likeness (QED) is 0.544. The number of carbonyl (C=O) groups is 2. The van der Waals surface area contributed by atoms with Gasteiger partial charge >= 0.3 is 0 Å². The third kappa shape index (κ3) is 5.37. The van der Waals surface area contributed by atoms with Gasteiger partial charge in [0.2, 0.25) is 0 Å². The van der Waals surface area contributed by atoms with E-state index in [-0.39, 0.29) is 18.4 Å². The third-order valence-corrected chi connectivity index (χ3v) is 4.53. The van der Waals surface area contributed by atoms with Crippen LogP contribution in [0.3, 0.4) is 0 Å². The number of nitrogen functional groups attached to an aromatic ring is 1. The number of nitrogens with one attached hydrogen (secondary N) is 2. The van der Waals surface area contributed by atoms with E-state index < -0.39 is 0 Å². The maximum Gasteiger partial charge on any atom is 0.265 e. The fourth-order valence-electron chi connectivity index (χ4n) is 2.24. The zero-order chi connectivity index (χ0) is 19.1. The van der Waals surface area contributed by atoms with Gasteiger partial charge in [-0.2, -0.15) is 0 Å². The Hall–Kier alpha value is -3.23. The minimum atomic E-state index is -0.292. The van der Waals surface area contributed by atoms with E-state index in [0.717, 1.165) is 5.56 Å². The fraction of sp³-hybridized carbons (Fsp3) is 0.105. The van der Waals surface area contributed by atoms with Crippen molar-refractivity contribution < 1.29 is 14.3 Å². The van der Waals surface area contributed by atoms with E-state index in [1.165, 1.54) is 11.3 Å². The van der Waals surface area contributed by atoms with E-state index in [4.69, 9.17) is 10.5 Å². The molecule has 3 rings (SSSR count). The first-order chi connectivity index (χ1) is 13.1. The standard InChI is InChI=1S/C19H18N4O3S/c20-14-5-1-2-6-15(14)22-19(25)16-7-8-18(27-16)23-17(24)12-26-11-13-4-3-9-21-10-13/h1-10H,11-12,20H2,(H,22,25)(H,23,24). The number of nitrogens with two attached hydrogens (primary N) is 1. The van der Waals surface area contributed by atoms with Gasteiger partial charge in [0.1, 0.15) is 6.61 Å². The Morgan fingerprint density at radius 2 is 1.93 bits per heavy atom. The summed E-state index contributed by atoms with van der Waals surface area (Å²) in [6, 6.07) is 14.0. The van der Waals surface area contributed by atoms with Crippen molar-refractivity contribution in [1.82, 2.24) is 4.98 Å². The molecule has 7 nitrogen and oxygen atoms in total. The molecule has 0 aliphatic rings. The lowest BCUT2D eigenvalue weighted by molar-refractivity contribution is -0.120. The largest absolute Gasteiger partial charge is 0.397 e. The number of hydrogen-bond donors (Lipinski definition) is 3. The first kappa shape index (κ1) is 18.6. The minimum Gasteiger partial charge on any atom is -0.397 e. The number of ether oxygens (including phenoxy) is 1. The molecule has 2 amide bonds. The molecule has 1 aromatic carbocycles. The van der Waals surface area contributed by atoms with Crippen LogP contribution in [0.25, 0.3) is 0 Å². The summed E-state index contributed by atoms with van der Waals surface area (Å²) in [5, 5.41) is 6.03. The van der Waals surface area contributed by atoms with E-state index in [1.54, 1.807) is 54.9 Å². The Balaban J connectivity index is 1.49. The molecule has 0 saturated heterocycles. The van der Waals surface area contributed by atoms with Crippen LogP contribution in [0.15, 0.2) is 60.9 Å². The minimum absolute atomic E-state index is 0.0884. The number of thiophene rings is 1. The van der Waals surface area contributed by atoms with Gasteiger partial charge in [0, 0.05) is 12.4 Å². The highest BCUT2D eigenvalue weighted by Gasteiger charge is 2.12. The van der Waals surface area contributed by atoms with Crippen LogP contribution in [-0.4, -0.2) is 23.4 Å². The third-order valence-electron chi connectivity index (χ3n) is 3.53. The van der Waals surface area contributed by atoms with Gasteiger partial charge in [0.25, 0.3) is 11.8 Å². The summed E-state index contributed by atoms with van der Waals surface area (Å²) < 4.78 is 5.36. The second-order valence-electron chi connectivity index (χ2n) is 5.61. The molecule has 4 N–H and O–H groups in total. The molecule has 2 aromatic heterocycles. The Kier molecular flexibility index (Phi) is 6.14. The van der Waals surface area contributed by atoms with Crippen LogP contribution in [0.2, 0.25) is 0 Å². The van der Waals surface area contributed by atoms with Gasteiger partial charge in [-0.05, 0) is 35.9 Å². The van der Waals surface area contributed by atoms with Crippen molar-refractivity contribution in [2.24, 2.45) is 0 Å². The maximum absolute atomic E-state index is 12.3. The highest BCUT2D eigenvalue weighted by atomic mass is 32.1. The molecule has 0 unspecified atom stereocenters. The predicted octanol–water partition coefficient (Wildman–Crippen LogP) is 3.13. The van der Waals surface area contributed by atoms with Gasteiger partial charge < -0.3 is 21.1 Å². The molecule has 138 valence electrons. The number of carbonyl (C=O) groups excluding carboxylic acids is 2. The van der Waals surface area contributed by atoms with E-state index in [9.17, 15) is 9.59 Å². The maximum atomic E-state index is 12.3. The predicted molar refractivity (Wildman–Crippen MR) is 106 cm³/mol. The molecule has 0 saturated carbocycles. The topological polar surface area (TPSA) is 106 Å². The monoisotopic (exact) mass is 382 g/mol. The second-order valence-corrected chi connectivity index (χ2v) is 6.69. The SMILES string of the molecule is Nc1ccccc1NC(=O)c1ccc(NC(=O)COCc2cccnc2)s1. The van der Waals surface area contributed by atoms with Gasteiger partial charge in [0.15, 0.2) is 0 Å². The average Bonchev–Trinajstić information content (AvgIpc) is 3.13. The van der Waals surface area contributed by atoms with Crippen LogP contribution >= 0.6 is 11.3 Å². The lowest BCUT2D eigenvalue weighted by Gasteiger charge is -2.06. The molecule has 3 aromatic rings. The van der Waals surface area contributed by atoms with Gasteiger partial charge in [-0.15, -0.1) is 11.3 Å². The molecule has 0 spiro atoms. The summed E-state index contributed by atoms with van der Waals surface area (Å²) in [5.41, 5.74) is 7.74. The van der Waals surface area contributed by atoms with Crippen molar-refractivity contribution in [3.63, 3.8) is 0 Å². The van der Waals surface area contributed by atoms with Crippen LogP contribution in [0.4, 0.5) is 16.4 Å². The van der Waals surface area contributed by atoms with Crippen molar-refractivity contribution in [2.45, 2.75) is 6.61 Å². The fourth-order valence-corrected chi connectivity index (χ4v) is 3.06. The molecule has 27 heavy (non-hydrogen) atoms. The number of anilines is 3. The van der Waals surface area contributed by atoms with Crippen LogP contribution in [0.5, 0.6) is 0 Å². The molecule has 0 fully saturated rings.